The Hall–Kier alpha value is -1.10. The monoisotopic (exact) mass is 462 g/mol. The van der Waals surface area contributed by atoms with Crippen molar-refractivity contribution in [1.82, 2.24) is 0 Å². The smallest absolute Gasteiger partial charge is 0.303 e. The Morgan fingerprint density at radius 2 is 1.70 bits per heavy atom. The second-order valence-corrected chi connectivity index (χ2v) is 12.6. The molecule has 0 unspecified atom stereocenters. The van der Waals surface area contributed by atoms with Crippen molar-refractivity contribution in [3.63, 3.8) is 0 Å². The fourth-order valence-electron chi connectivity index (χ4n) is 9.81. The van der Waals surface area contributed by atoms with Crippen LogP contribution in [0.3, 0.4) is 0 Å². The number of fused-ring (bicyclic) bond motifs is 5. The van der Waals surface area contributed by atoms with E-state index < -0.39 is 5.97 Å². The van der Waals surface area contributed by atoms with E-state index in [1.807, 2.05) is 0 Å². The van der Waals surface area contributed by atoms with Crippen LogP contribution in [0.25, 0.3) is 0 Å². The van der Waals surface area contributed by atoms with Crippen LogP contribution in [0.5, 0.6) is 0 Å². The summed E-state index contributed by atoms with van der Waals surface area (Å²) in [5.74, 6) is 2.17. The second kappa shape index (κ2) is 9.17. The Labute approximate surface area is 200 Å². The van der Waals surface area contributed by atoms with Gasteiger partial charge in [-0.15, -0.1) is 0 Å². The van der Waals surface area contributed by atoms with Crippen LogP contribution in [0.2, 0.25) is 0 Å². The number of hydrogen-bond donors (Lipinski definition) is 2. The summed E-state index contributed by atoms with van der Waals surface area (Å²) >= 11 is 0. The molecule has 33 heavy (non-hydrogen) atoms. The largest absolute Gasteiger partial charge is 0.481 e. The molecular weight excluding hydrogens is 416 g/mol. The van der Waals surface area contributed by atoms with E-state index in [1.165, 1.54) is 32.6 Å². The number of esters is 1. The van der Waals surface area contributed by atoms with E-state index >= 15 is 0 Å². The molecule has 4 saturated carbocycles. The van der Waals surface area contributed by atoms with Crippen LogP contribution in [-0.2, 0) is 14.3 Å². The van der Waals surface area contributed by atoms with E-state index in [9.17, 15) is 19.8 Å². The molecule has 4 aliphatic carbocycles. The van der Waals surface area contributed by atoms with Crippen LogP contribution in [0.1, 0.15) is 98.8 Å². The summed E-state index contributed by atoms with van der Waals surface area (Å²) in [7, 11) is 0. The van der Waals surface area contributed by atoms with Gasteiger partial charge in [0.2, 0.25) is 0 Å². The molecule has 0 heterocycles. The summed E-state index contributed by atoms with van der Waals surface area (Å²) in [5, 5.41) is 21.1. The Kier molecular flexibility index (Phi) is 6.95. The zero-order chi connectivity index (χ0) is 24.1. The summed E-state index contributed by atoms with van der Waals surface area (Å²) in [6.45, 7) is 10.9. The topological polar surface area (TPSA) is 83.8 Å². The third kappa shape index (κ3) is 4.15. The fourth-order valence-corrected chi connectivity index (χ4v) is 9.81. The number of carboxylic acids is 1. The van der Waals surface area contributed by atoms with Gasteiger partial charge < -0.3 is 14.9 Å². The van der Waals surface area contributed by atoms with Gasteiger partial charge in [-0.25, -0.2) is 0 Å². The van der Waals surface area contributed by atoms with Gasteiger partial charge >= 0.3 is 11.9 Å². The van der Waals surface area contributed by atoms with E-state index in [4.69, 9.17) is 4.74 Å². The van der Waals surface area contributed by atoms with Gasteiger partial charge in [0.25, 0.3) is 0 Å². The van der Waals surface area contributed by atoms with Crippen molar-refractivity contribution < 1.29 is 24.5 Å². The lowest BCUT2D eigenvalue weighted by atomic mass is 9.41. The highest BCUT2D eigenvalue weighted by atomic mass is 16.5. The van der Waals surface area contributed by atoms with Gasteiger partial charge in [0, 0.05) is 13.3 Å². The number of carbonyl (C=O) groups is 2. The normalized spacial score (nSPS) is 47.7. The summed E-state index contributed by atoms with van der Waals surface area (Å²) in [5.41, 5.74) is 0.409. The maximum absolute atomic E-state index is 11.9. The van der Waals surface area contributed by atoms with Crippen molar-refractivity contribution in [2.75, 3.05) is 0 Å². The van der Waals surface area contributed by atoms with Crippen molar-refractivity contribution in [2.45, 2.75) is 111 Å². The molecule has 11 atom stereocenters. The molecule has 0 radical (unpaired) electrons. The molecule has 2 N–H and O–H groups in total. The van der Waals surface area contributed by atoms with Crippen molar-refractivity contribution in [1.29, 1.82) is 0 Å². The van der Waals surface area contributed by atoms with E-state index in [0.717, 1.165) is 32.1 Å². The molecule has 0 saturated heterocycles. The highest BCUT2D eigenvalue weighted by Crippen LogP contribution is 2.69. The molecule has 0 bridgehead atoms. The van der Waals surface area contributed by atoms with Crippen molar-refractivity contribution in [3.05, 3.63) is 0 Å². The number of carbonyl (C=O) groups excluding carboxylic acids is 1. The van der Waals surface area contributed by atoms with Crippen LogP contribution < -0.4 is 0 Å². The van der Waals surface area contributed by atoms with Gasteiger partial charge in [-0.2, -0.15) is 0 Å². The van der Waals surface area contributed by atoms with E-state index in [1.54, 1.807) is 0 Å². The van der Waals surface area contributed by atoms with Gasteiger partial charge in [0.05, 0.1) is 6.10 Å². The van der Waals surface area contributed by atoms with Gasteiger partial charge in [-0.1, -0.05) is 34.1 Å². The lowest BCUT2D eigenvalue weighted by Gasteiger charge is -2.64. The Bertz CT molecular complexity index is 751. The number of aliphatic hydroxyl groups excluding tert-OH is 1. The number of carboxylic acid groups (broad SMARTS) is 1. The number of rotatable bonds is 6. The Balaban J connectivity index is 1.59. The molecule has 0 aromatic heterocycles. The fraction of sp³-hybridized carbons (Fsp3) is 0.929. The lowest BCUT2D eigenvalue weighted by Crippen LogP contribution is -2.62. The standard InChI is InChI=1S/C28H46O5/c1-6-19-23-15-18(33-17(3)29)11-13-28(23,5)22-12-14-27(4)20(16(2)7-10-24(30)31)8-9-21(27)25(22)26(19)32/h16,18-23,25-26,32H,6-15H2,1-5H3,(H,30,31)/t16-,18-,19-,20-,21+,22+,23+,25+,26-,27-,28-/m1/s1. The maximum Gasteiger partial charge on any atom is 0.303 e. The summed E-state index contributed by atoms with van der Waals surface area (Å²) in [6, 6.07) is 0. The SMILES string of the molecule is CC[C@H]1[C@@H](O)[C@@H]2[C@H](CC[C@]3(C)[C@@H]([C@H](C)CCC(=O)O)CC[C@@H]23)[C@@]2(C)CC[C@@H](OC(C)=O)C[C@@H]12. The molecule has 5 nitrogen and oxygen atoms in total. The van der Waals surface area contributed by atoms with Crippen LogP contribution >= 0.6 is 0 Å². The Morgan fingerprint density at radius 1 is 1.03 bits per heavy atom. The van der Waals surface area contributed by atoms with E-state index in [0.29, 0.717) is 35.5 Å². The van der Waals surface area contributed by atoms with Crippen molar-refractivity contribution in [2.24, 2.45) is 52.3 Å². The average molecular weight is 463 g/mol. The molecule has 0 aromatic carbocycles. The third-order valence-electron chi connectivity index (χ3n) is 11.3. The van der Waals surface area contributed by atoms with E-state index in [-0.39, 0.29) is 41.3 Å². The van der Waals surface area contributed by atoms with Crippen LogP contribution in [0, 0.1) is 52.3 Å². The predicted molar refractivity (Wildman–Crippen MR) is 127 cm³/mol. The van der Waals surface area contributed by atoms with Crippen molar-refractivity contribution in [3.8, 4) is 0 Å². The molecule has 4 rings (SSSR count). The number of aliphatic carboxylic acids is 1. The minimum absolute atomic E-state index is 0.00169. The predicted octanol–water partition coefficient (Wildman–Crippen LogP) is 5.68. The first kappa shape index (κ1) is 25.0. The minimum Gasteiger partial charge on any atom is -0.481 e. The van der Waals surface area contributed by atoms with Crippen LogP contribution in [-0.4, -0.2) is 34.4 Å². The minimum atomic E-state index is -0.693. The molecular formula is C28H46O5. The maximum atomic E-state index is 11.9. The summed E-state index contributed by atoms with van der Waals surface area (Å²) in [4.78, 5) is 22.8. The van der Waals surface area contributed by atoms with Crippen LogP contribution in [0.15, 0.2) is 0 Å². The van der Waals surface area contributed by atoms with Crippen molar-refractivity contribution >= 4 is 11.9 Å². The first-order valence-corrected chi connectivity index (χ1v) is 13.6. The highest BCUT2D eigenvalue weighted by molar-refractivity contribution is 5.66. The van der Waals surface area contributed by atoms with Gasteiger partial charge in [-0.3, -0.25) is 9.59 Å². The lowest BCUT2D eigenvalue weighted by molar-refractivity contribution is -0.207. The Morgan fingerprint density at radius 3 is 2.33 bits per heavy atom. The highest BCUT2D eigenvalue weighted by Gasteiger charge is 2.65. The molecule has 0 aliphatic heterocycles. The zero-order valence-electron chi connectivity index (χ0n) is 21.4. The van der Waals surface area contributed by atoms with Gasteiger partial charge in [0.15, 0.2) is 0 Å². The molecule has 5 heteroatoms. The summed E-state index contributed by atoms with van der Waals surface area (Å²) < 4.78 is 5.65. The molecule has 0 aromatic rings. The average Bonchev–Trinajstić information content (AvgIpc) is 3.10. The zero-order valence-corrected chi connectivity index (χ0v) is 21.4. The quantitative estimate of drug-likeness (QED) is 0.496. The molecule has 0 amide bonds. The third-order valence-corrected chi connectivity index (χ3v) is 11.3. The van der Waals surface area contributed by atoms with Crippen LogP contribution in [0.4, 0.5) is 0 Å². The molecule has 4 aliphatic rings. The molecule has 0 spiro atoms. The first-order chi connectivity index (χ1) is 15.5. The number of ether oxygens (including phenoxy) is 1. The summed E-state index contributed by atoms with van der Waals surface area (Å²) in [6.07, 6.45) is 9.32. The van der Waals surface area contributed by atoms with Gasteiger partial charge in [-0.05, 0) is 104 Å². The molecule has 188 valence electrons. The molecule has 4 fully saturated rings. The first-order valence-electron chi connectivity index (χ1n) is 13.6. The van der Waals surface area contributed by atoms with E-state index in [2.05, 4.69) is 27.7 Å². The number of aliphatic hydroxyl groups is 1. The van der Waals surface area contributed by atoms with Gasteiger partial charge in [0.1, 0.15) is 6.10 Å². The number of hydrogen-bond acceptors (Lipinski definition) is 4. The second-order valence-electron chi connectivity index (χ2n) is 12.6.